The number of carbonyl (C=O) groups excluding carboxylic acids is 1. The van der Waals surface area contributed by atoms with Gasteiger partial charge in [0.05, 0.1) is 18.1 Å². The van der Waals surface area contributed by atoms with Gasteiger partial charge in [0.15, 0.2) is 5.82 Å². The molecular formula is C15H19ClN6O. The van der Waals surface area contributed by atoms with Crippen molar-refractivity contribution in [3.8, 4) is 0 Å². The Bertz CT molecular complexity index is 684. The predicted octanol–water partition coefficient (Wildman–Crippen LogP) is 1.43. The SMILES string of the molecule is CCc1nc2n(n1)C[C@H](NCC(=O)Nc1ccc(Cl)cn1)CC2. The number of carbonyl (C=O) groups is 1. The summed E-state index contributed by atoms with van der Waals surface area (Å²) < 4.78 is 1.94. The maximum absolute atomic E-state index is 12.0. The molecule has 0 saturated carbocycles. The third-order valence-electron chi connectivity index (χ3n) is 3.76. The van der Waals surface area contributed by atoms with E-state index in [0.29, 0.717) is 10.8 Å². The highest BCUT2D eigenvalue weighted by Crippen LogP contribution is 2.13. The van der Waals surface area contributed by atoms with Crippen molar-refractivity contribution in [1.82, 2.24) is 25.1 Å². The molecule has 0 radical (unpaired) electrons. The number of hydrogen-bond acceptors (Lipinski definition) is 5. The smallest absolute Gasteiger partial charge is 0.239 e. The summed E-state index contributed by atoms with van der Waals surface area (Å²) in [6.07, 6.45) is 4.18. The van der Waals surface area contributed by atoms with E-state index in [1.54, 1.807) is 12.1 Å². The number of hydrogen-bond donors (Lipinski definition) is 2. The second-order valence-corrected chi connectivity index (χ2v) is 5.94. The number of aromatic nitrogens is 4. The minimum Gasteiger partial charge on any atom is -0.310 e. The van der Waals surface area contributed by atoms with Crippen LogP contribution in [0, 0.1) is 0 Å². The number of fused-ring (bicyclic) bond motifs is 1. The van der Waals surface area contributed by atoms with Crippen molar-refractivity contribution < 1.29 is 4.79 Å². The quantitative estimate of drug-likeness (QED) is 0.864. The molecular weight excluding hydrogens is 316 g/mol. The molecule has 0 aromatic carbocycles. The third-order valence-corrected chi connectivity index (χ3v) is 3.99. The normalized spacial score (nSPS) is 16.9. The average Bonchev–Trinajstić information content (AvgIpc) is 2.97. The molecule has 1 aliphatic heterocycles. The molecule has 122 valence electrons. The molecule has 2 aromatic rings. The number of pyridine rings is 1. The fourth-order valence-electron chi connectivity index (χ4n) is 2.55. The molecule has 8 heteroatoms. The van der Waals surface area contributed by atoms with E-state index in [2.05, 4.69) is 25.7 Å². The highest BCUT2D eigenvalue weighted by Gasteiger charge is 2.21. The lowest BCUT2D eigenvalue weighted by molar-refractivity contribution is -0.115. The fraction of sp³-hybridized carbons (Fsp3) is 0.467. The van der Waals surface area contributed by atoms with Crippen LogP contribution in [0.2, 0.25) is 5.02 Å². The minimum atomic E-state index is -0.126. The summed E-state index contributed by atoms with van der Waals surface area (Å²) in [5.41, 5.74) is 0. The molecule has 0 fully saturated rings. The summed E-state index contributed by atoms with van der Waals surface area (Å²) in [4.78, 5) is 20.5. The zero-order chi connectivity index (χ0) is 16.2. The lowest BCUT2D eigenvalue weighted by Crippen LogP contribution is -2.41. The van der Waals surface area contributed by atoms with Crippen LogP contribution < -0.4 is 10.6 Å². The number of amides is 1. The van der Waals surface area contributed by atoms with Gasteiger partial charge in [-0.2, -0.15) is 5.10 Å². The largest absolute Gasteiger partial charge is 0.310 e. The molecule has 3 heterocycles. The van der Waals surface area contributed by atoms with Crippen molar-refractivity contribution >= 4 is 23.3 Å². The maximum Gasteiger partial charge on any atom is 0.239 e. The van der Waals surface area contributed by atoms with E-state index < -0.39 is 0 Å². The van der Waals surface area contributed by atoms with E-state index in [1.165, 1.54) is 6.20 Å². The monoisotopic (exact) mass is 334 g/mol. The number of nitrogens with one attached hydrogen (secondary N) is 2. The van der Waals surface area contributed by atoms with E-state index in [-0.39, 0.29) is 18.5 Å². The Morgan fingerprint density at radius 1 is 1.48 bits per heavy atom. The minimum absolute atomic E-state index is 0.126. The van der Waals surface area contributed by atoms with Gasteiger partial charge in [0.2, 0.25) is 5.91 Å². The van der Waals surface area contributed by atoms with Crippen molar-refractivity contribution in [2.75, 3.05) is 11.9 Å². The molecule has 0 saturated heterocycles. The first kappa shape index (κ1) is 15.9. The van der Waals surface area contributed by atoms with E-state index >= 15 is 0 Å². The van der Waals surface area contributed by atoms with Crippen LogP contribution in [0.25, 0.3) is 0 Å². The molecule has 1 aliphatic rings. The third kappa shape index (κ3) is 4.05. The van der Waals surface area contributed by atoms with Gasteiger partial charge in [-0.15, -0.1) is 0 Å². The van der Waals surface area contributed by atoms with Crippen LogP contribution in [0.15, 0.2) is 18.3 Å². The number of nitrogens with zero attached hydrogens (tertiary/aromatic N) is 4. The Morgan fingerprint density at radius 3 is 3.09 bits per heavy atom. The fourth-order valence-corrected chi connectivity index (χ4v) is 2.66. The van der Waals surface area contributed by atoms with Crippen molar-refractivity contribution in [2.45, 2.75) is 38.8 Å². The van der Waals surface area contributed by atoms with Crippen LogP contribution in [0.4, 0.5) is 5.82 Å². The Hall–Kier alpha value is -1.99. The summed E-state index contributed by atoms with van der Waals surface area (Å²) in [5, 5.41) is 11.0. The first-order chi connectivity index (χ1) is 11.1. The van der Waals surface area contributed by atoms with Gasteiger partial charge in [0, 0.05) is 25.1 Å². The molecule has 1 amide bonds. The highest BCUT2D eigenvalue weighted by molar-refractivity contribution is 6.30. The topological polar surface area (TPSA) is 84.7 Å². The molecule has 0 bridgehead atoms. The zero-order valence-corrected chi connectivity index (χ0v) is 13.7. The van der Waals surface area contributed by atoms with Gasteiger partial charge in [0.1, 0.15) is 11.6 Å². The Morgan fingerprint density at radius 2 is 2.35 bits per heavy atom. The Kier molecular flexibility index (Phi) is 4.88. The number of aryl methyl sites for hydroxylation is 2. The molecule has 7 nitrogen and oxygen atoms in total. The van der Waals surface area contributed by atoms with Gasteiger partial charge in [-0.25, -0.2) is 14.6 Å². The second kappa shape index (κ2) is 7.06. The molecule has 0 unspecified atom stereocenters. The predicted molar refractivity (Wildman–Crippen MR) is 87.4 cm³/mol. The summed E-state index contributed by atoms with van der Waals surface area (Å²) in [7, 11) is 0. The zero-order valence-electron chi connectivity index (χ0n) is 12.9. The Balaban J connectivity index is 1.49. The van der Waals surface area contributed by atoms with Gasteiger partial charge < -0.3 is 10.6 Å². The van der Waals surface area contributed by atoms with Crippen LogP contribution in [-0.2, 0) is 24.2 Å². The van der Waals surface area contributed by atoms with Crippen molar-refractivity contribution in [3.63, 3.8) is 0 Å². The van der Waals surface area contributed by atoms with Crippen molar-refractivity contribution in [2.24, 2.45) is 0 Å². The average molecular weight is 335 g/mol. The second-order valence-electron chi connectivity index (χ2n) is 5.51. The first-order valence-electron chi connectivity index (χ1n) is 7.71. The van der Waals surface area contributed by atoms with E-state index in [4.69, 9.17) is 11.6 Å². The molecule has 0 spiro atoms. The van der Waals surface area contributed by atoms with Crippen LogP contribution >= 0.6 is 11.6 Å². The van der Waals surface area contributed by atoms with Crippen LogP contribution in [0.3, 0.4) is 0 Å². The van der Waals surface area contributed by atoms with Crippen LogP contribution in [0.1, 0.15) is 25.0 Å². The van der Waals surface area contributed by atoms with E-state index in [0.717, 1.165) is 37.5 Å². The lowest BCUT2D eigenvalue weighted by atomic mass is 10.1. The van der Waals surface area contributed by atoms with Gasteiger partial charge in [-0.05, 0) is 18.6 Å². The number of rotatable bonds is 5. The Labute approximate surface area is 139 Å². The van der Waals surface area contributed by atoms with Crippen LogP contribution in [-0.4, -0.2) is 38.2 Å². The highest BCUT2D eigenvalue weighted by atomic mass is 35.5. The standard InChI is InChI=1S/C15H19ClN6O/c1-2-12-19-14-6-4-11(9-22(14)21-12)17-8-15(23)20-13-5-3-10(16)7-18-13/h3,5,7,11,17H,2,4,6,8-9H2,1H3,(H,18,20,23)/t11-/m1/s1. The molecule has 3 rings (SSSR count). The van der Waals surface area contributed by atoms with Gasteiger partial charge in [0.25, 0.3) is 0 Å². The van der Waals surface area contributed by atoms with Gasteiger partial charge >= 0.3 is 0 Å². The summed E-state index contributed by atoms with van der Waals surface area (Å²) in [6, 6.07) is 3.59. The van der Waals surface area contributed by atoms with Gasteiger partial charge in [-0.3, -0.25) is 4.79 Å². The van der Waals surface area contributed by atoms with E-state index in [1.807, 2.05) is 11.6 Å². The maximum atomic E-state index is 12.0. The number of halogens is 1. The summed E-state index contributed by atoms with van der Waals surface area (Å²) in [5.74, 6) is 2.29. The number of anilines is 1. The summed E-state index contributed by atoms with van der Waals surface area (Å²) in [6.45, 7) is 3.03. The lowest BCUT2D eigenvalue weighted by Gasteiger charge is -2.23. The van der Waals surface area contributed by atoms with Gasteiger partial charge in [-0.1, -0.05) is 18.5 Å². The van der Waals surface area contributed by atoms with Crippen LogP contribution in [0.5, 0.6) is 0 Å². The first-order valence-corrected chi connectivity index (χ1v) is 8.09. The summed E-state index contributed by atoms with van der Waals surface area (Å²) >= 11 is 5.76. The van der Waals surface area contributed by atoms with Crippen molar-refractivity contribution in [3.05, 3.63) is 35.0 Å². The van der Waals surface area contributed by atoms with Crippen molar-refractivity contribution in [1.29, 1.82) is 0 Å². The molecule has 0 aliphatic carbocycles. The molecule has 2 aromatic heterocycles. The molecule has 2 N–H and O–H groups in total. The molecule has 23 heavy (non-hydrogen) atoms. The van der Waals surface area contributed by atoms with E-state index in [9.17, 15) is 4.79 Å². The molecule has 1 atom stereocenters.